The summed E-state index contributed by atoms with van der Waals surface area (Å²) in [5.41, 5.74) is 0.770. The van der Waals surface area contributed by atoms with Gasteiger partial charge in [0.1, 0.15) is 5.75 Å². The number of phenols is 1. The van der Waals surface area contributed by atoms with Crippen LogP contribution in [0.5, 0.6) is 5.75 Å². The van der Waals surface area contributed by atoms with Crippen molar-refractivity contribution in [3.05, 3.63) is 29.8 Å². The van der Waals surface area contributed by atoms with Gasteiger partial charge in [-0.3, -0.25) is 0 Å². The summed E-state index contributed by atoms with van der Waals surface area (Å²) in [5, 5.41) is 12.8. The number of phenolic OH excluding ortho intramolecular Hbond substituents is 1. The van der Waals surface area contributed by atoms with Gasteiger partial charge in [0.25, 0.3) is 0 Å². The molecule has 2 rings (SSSR count). The minimum Gasteiger partial charge on any atom is -0.508 e. The van der Waals surface area contributed by atoms with Gasteiger partial charge in [-0.2, -0.15) is 0 Å². The van der Waals surface area contributed by atoms with Crippen molar-refractivity contribution in [3.8, 4) is 5.75 Å². The predicted octanol–water partition coefficient (Wildman–Crippen LogP) is 3.89. The fourth-order valence-electron chi connectivity index (χ4n) is 3.08. The zero-order valence-corrected chi connectivity index (χ0v) is 13.6. The summed E-state index contributed by atoms with van der Waals surface area (Å²) < 4.78 is 0. The van der Waals surface area contributed by atoms with E-state index in [4.69, 9.17) is 0 Å². The van der Waals surface area contributed by atoms with Gasteiger partial charge >= 0.3 is 6.03 Å². The first-order valence-corrected chi connectivity index (χ1v) is 8.42. The number of nitrogens with one attached hydrogen (secondary N) is 1. The fraction of sp³-hybridized carbons (Fsp3) is 0.611. The Morgan fingerprint density at radius 1 is 1.18 bits per heavy atom. The highest BCUT2D eigenvalue weighted by Gasteiger charge is 2.15. The molecule has 0 unspecified atom stereocenters. The normalized spacial score (nSPS) is 16.6. The number of carbonyl (C=O) groups is 1. The molecule has 1 saturated carbocycles. The van der Waals surface area contributed by atoms with Crippen molar-refractivity contribution < 1.29 is 9.90 Å². The summed E-state index contributed by atoms with van der Waals surface area (Å²) in [6.07, 6.45) is 9.05. The van der Waals surface area contributed by atoms with Crippen LogP contribution in [-0.2, 0) is 6.54 Å². The number of urea groups is 1. The Balaban J connectivity index is 1.77. The maximum atomic E-state index is 12.2. The van der Waals surface area contributed by atoms with Crippen LogP contribution in [0.3, 0.4) is 0 Å². The molecule has 0 saturated heterocycles. The van der Waals surface area contributed by atoms with Crippen LogP contribution in [0.15, 0.2) is 24.3 Å². The standard InChI is InChI=1S/C18H28N2O2/c1-20(14-16-11-7-8-12-17(16)21)18(22)19-13-15-9-5-3-2-4-6-10-15/h7-8,11-12,15,21H,2-6,9-10,13-14H2,1H3,(H,19,22). The molecule has 0 heterocycles. The minimum atomic E-state index is -0.0645. The topological polar surface area (TPSA) is 52.6 Å². The quantitative estimate of drug-likeness (QED) is 0.886. The van der Waals surface area contributed by atoms with Gasteiger partial charge in [0.2, 0.25) is 0 Å². The van der Waals surface area contributed by atoms with Crippen LogP contribution >= 0.6 is 0 Å². The third kappa shape index (κ3) is 5.24. The highest BCUT2D eigenvalue weighted by molar-refractivity contribution is 5.73. The third-order valence-electron chi connectivity index (χ3n) is 4.51. The van der Waals surface area contributed by atoms with Crippen molar-refractivity contribution in [3.63, 3.8) is 0 Å². The summed E-state index contributed by atoms with van der Waals surface area (Å²) in [7, 11) is 1.76. The molecule has 0 spiro atoms. The van der Waals surface area contributed by atoms with E-state index in [9.17, 15) is 9.90 Å². The molecular formula is C18H28N2O2. The van der Waals surface area contributed by atoms with Gasteiger partial charge in [0.15, 0.2) is 0 Å². The van der Waals surface area contributed by atoms with Crippen LogP contribution in [-0.4, -0.2) is 29.6 Å². The molecule has 0 aliphatic heterocycles. The van der Waals surface area contributed by atoms with E-state index >= 15 is 0 Å². The second-order valence-corrected chi connectivity index (χ2v) is 6.38. The van der Waals surface area contributed by atoms with Crippen molar-refractivity contribution in [2.75, 3.05) is 13.6 Å². The Kier molecular flexibility index (Phi) is 6.56. The van der Waals surface area contributed by atoms with E-state index in [1.807, 2.05) is 12.1 Å². The van der Waals surface area contributed by atoms with Crippen molar-refractivity contribution in [1.29, 1.82) is 0 Å². The van der Waals surface area contributed by atoms with Gasteiger partial charge < -0.3 is 15.3 Å². The summed E-state index contributed by atoms with van der Waals surface area (Å²) in [6.45, 7) is 1.19. The Hall–Kier alpha value is -1.71. The lowest BCUT2D eigenvalue weighted by molar-refractivity contribution is 0.203. The molecule has 0 bridgehead atoms. The first kappa shape index (κ1) is 16.7. The fourth-order valence-corrected chi connectivity index (χ4v) is 3.08. The average Bonchev–Trinajstić information content (AvgIpc) is 2.48. The first-order valence-electron chi connectivity index (χ1n) is 8.42. The molecule has 2 amide bonds. The lowest BCUT2D eigenvalue weighted by atomic mass is 9.91. The Bertz CT molecular complexity index is 468. The van der Waals surface area contributed by atoms with Crippen LogP contribution in [0, 0.1) is 5.92 Å². The van der Waals surface area contributed by atoms with Crippen molar-refractivity contribution in [2.45, 2.75) is 51.5 Å². The molecule has 4 nitrogen and oxygen atoms in total. The minimum absolute atomic E-state index is 0.0645. The van der Waals surface area contributed by atoms with E-state index in [-0.39, 0.29) is 11.8 Å². The number of nitrogens with zero attached hydrogens (tertiary/aromatic N) is 1. The lowest BCUT2D eigenvalue weighted by Crippen LogP contribution is -2.39. The molecule has 1 aliphatic carbocycles. The number of hydrogen-bond acceptors (Lipinski definition) is 2. The van der Waals surface area contributed by atoms with Crippen LogP contribution in [0.2, 0.25) is 0 Å². The SMILES string of the molecule is CN(Cc1ccccc1O)C(=O)NCC1CCCCCCC1. The molecule has 1 aromatic rings. The number of amides is 2. The zero-order valence-electron chi connectivity index (χ0n) is 13.6. The van der Waals surface area contributed by atoms with E-state index in [0.29, 0.717) is 12.5 Å². The van der Waals surface area contributed by atoms with Crippen molar-refractivity contribution in [2.24, 2.45) is 5.92 Å². The van der Waals surface area contributed by atoms with E-state index < -0.39 is 0 Å². The molecule has 22 heavy (non-hydrogen) atoms. The van der Waals surface area contributed by atoms with Crippen LogP contribution in [0.25, 0.3) is 0 Å². The maximum Gasteiger partial charge on any atom is 0.317 e. The maximum absolute atomic E-state index is 12.2. The molecule has 4 heteroatoms. The first-order chi connectivity index (χ1) is 10.7. The number of para-hydroxylation sites is 1. The average molecular weight is 304 g/mol. The van der Waals surface area contributed by atoms with Crippen LogP contribution in [0.1, 0.15) is 50.5 Å². The molecule has 1 aliphatic rings. The second-order valence-electron chi connectivity index (χ2n) is 6.38. The third-order valence-corrected chi connectivity index (χ3v) is 4.51. The number of carbonyl (C=O) groups excluding carboxylic acids is 1. The second kappa shape index (κ2) is 8.66. The largest absolute Gasteiger partial charge is 0.508 e. The highest BCUT2D eigenvalue weighted by atomic mass is 16.3. The van der Waals surface area contributed by atoms with Gasteiger partial charge in [0, 0.05) is 19.2 Å². The van der Waals surface area contributed by atoms with E-state index in [2.05, 4.69) is 5.32 Å². The Labute approximate surface area is 133 Å². The van der Waals surface area contributed by atoms with Gasteiger partial charge in [-0.1, -0.05) is 50.3 Å². The number of rotatable bonds is 4. The Morgan fingerprint density at radius 2 is 1.82 bits per heavy atom. The molecule has 1 fully saturated rings. The van der Waals surface area contributed by atoms with Crippen molar-refractivity contribution >= 4 is 6.03 Å². The summed E-state index contributed by atoms with van der Waals surface area (Å²) in [4.78, 5) is 13.8. The van der Waals surface area contributed by atoms with Gasteiger partial charge in [-0.05, 0) is 24.8 Å². The Morgan fingerprint density at radius 3 is 2.50 bits per heavy atom. The summed E-state index contributed by atoms with van der Waals surface area (Å²) in [5.74, 6) is 0.852. The molecule has 0 aromatic heterocycles. The smallest absolute Gasteiger partial charge is 0.317 e. The van der Waals surface area contributed by atoms with Crippen LogP contribution < -0.4 is 5.32 Å². The molecular weight excluding hydrogens is 276 g/mol. The van der Waals surface area contributed by atoms with E-state index in [1.54, 1.807) is 24.1 Å². The summed E-state index contributed by atoms with van der Waals surface area (Å²) in [6, 6.07) is 7.08. The van der Waals surface area contributed by atoms with Crippen molar-refractivity contribution in [1.82, 2.24) is 10.2 Å². The lowest BCUT2D eigenvalue weighted by Gasteiger charge is -2.23. The van der Waals surface area contributed by atoms with Gasteiger partial charge in [0.05, 0.1) is 6.54 Å². The number of hydrogen-bond donors (Lipinski definition) is 2. The summed E-state index contributed by atoms with van der Waals surface area (Å²) >= 11 is 0. The number of aromatic hydroxyl groups is 1. The van der Waals surface area contributed by atoms with Crippen LogP contribution in [0.4, 0.5) is 4.79 Å². The van der Waals surface area contributed by atoms with E-state index in [1.165, 1.54) is 44.9 Å². The zero-order chi connectivity index (χ0) is 15.8. The molecule has 2 N–H and O–H groups in total. The van der Waals surface area contributed by atoms with Gasteiger partial charge in [-0.25, -0.2) is 4.79 Å². The number of benzene rings is 1. The monoisotopic (exact) mass is 304 g/mol. The van der Waals surface area contributed by atoms with E-state index in [0.717, 1.165) is 12.1 Å². The molecule has 0 radical (unpaired) electrons. The predicted molar refractivity (Wildman–Crippen MR) is 88.8 cm³/mol. The molecule has 1 aromatic carbocycles. The highest BCUT2D eigenvalue weighted by Crippen LogP contribution is 2.22. The van der Waals surface area contributed by atoms with Gasteiger partial charge in [-0.15, -0.1) is 0 Å². The molecule has 122 valence electrons. The molecule has 0 atom stereocenters.